The first-order valence-corrected chi connectivity index (χ1v) is 6.50. The molecule has 16 heavy (non-hydrogen) atoms. The summed E-state index contributed by atoms with van der Waals surface area (Å²) < 4.78 is 0. The Kier molecular flexibility index (Phi) is 6.49. The normalized spacial score (nSPS) is 11.0. The summed E-state index contributed by atoms with van der Waals surface area (Å²) in [6.07, 6.45) is 1.04. The fourth-order valence-electron chi connectivity index (χ4n) is 1.40. The second kappa shape index (κ2) is 7.68. The molecule has 1 aromatic carbocycles. The number of nitrogens with one attached hydrogen (secondary N) is 2. The molecule has 0 saturated heterocycles. The van der Waals surface area contributed by atoms with Crippen LogP contribution in [0.5, 0.6) is 0 Å². The van der Waals surface area contributed by atoms with Crippen LogP contribution in [0, 0.1) is 0 Å². The molecule has 1 rings (SSSR count). The Bertz CT molecular complexity index is 285. The molecule has 4 heteroatoms. The Hall–Kier alpha value is -0.550. The van der Waals surface area contributed by atoms with Crippen molar-refractivity contribution in [1.82, 2.24) is 10.7 Å². The molecule has 0 saturated carbocycles. The summed E-state index contributed by atoms with van der Waals surface area (Å²) in [6, 6.07) is 8.78. The van der Waals surface area contributed by atoms with Crippen molar-refractivity contribution >= 4 is 11.8 Å². The Morgan fingerprint density at radius 2 is 1.94 bits per heavy atom. The summed E-state index contributed by atoms with van der Waals surface area (Å²) in [6.45, 7) is 6.02. The van der Waals surface area contributed by atoms with Gasteiger partial charge in [0.2, 0.25) is 0 Å². The van der Waals surface area contributed by atoms with E-state index >= 15 is 0 Å². The molecule has 3 nitrogen and oxygen atoms in total. The van der Waals surface area contributed by atoms with Gasteiger partial charge in [0, 0.05) is 16.7 Å². The van der Waals surface area contributed by atoms with Crippen LogP contribution in [0.1, 0.15) is 19.4 Å². The fourth-order valence-corrected chi connectivity index (χ4v) is 2.24. The van der Waals surface area contributed by atoms with Crippen molar-refractivity contribution in [3.05, 3.63) is 29.8 Å². The average molecular weight is 239 g/mol. The zero-order chi connectivity index (χ0) is 11.8. The smallest absolute Gasteiger partial charge is 0.0587 e. The molecule has 0 aromatic heterocycles. The predicted molar refractivity (Wildman–Crippen MR) is 71.3 cm³/mol. The zero-order valence-corrected chi connectivity index (χ0v) is 10.8. The highest BCUT2D eigenvalue weighted by Gasteiger charge is 1.98. The molecule has 0 aliphatic heterocycles. The van der Waals surface area contributed by atoms with Gasteiger partial charge >= 0.3 is 0 Å². The van der Waals surface area contributed by atoms with Gasteiger partial charge in [0.25, 0.3) is 0 Å². The topological polar surface area (TPSA) is 50.1 Å². The van der Waals surface area contributed by atoms with Gasteiger partial charge in [0.1, 0.15) is 0 Å². The molecule has 0 heterocycles. The van der Waals surface area contributed by atoms with Crippen molar-refractivity contribution in [3.8, 4) is 0 Å². The second-order valence-corrected chi connectivity index (χ2v) is 5.59. The van der Waals surface area contributed by atoms with E-state index in [-0.39, 0.29) is 0 Å². The van der Waals surface area contributed by atoms with Gasteiger partial charge in [-0.2, -0.15) is 0 Å². The van der Waals surface area contributed by atoms with E-state index in [1.807, 2.05) is 11.8 Å². The monoisotopic (exact) mass is 239 g/mol. The van der Waals surface area contributed by atoms with E-state index in [0.29, 0.717) is 11.9 Å². The Morgan fingerprint density at radius 3 is 2.50 bits per heavy atom. The van der Waals surface area contributed by atoms with Gasteiger partial charge in [-0.05, 0) is 24.1 Å². The third-order valence-corrected chi connectivity index (χ3v) is 3.13. The van der Waals surface area contributed by atoms with Crippen LogP contribution < -0.4 is 16.6 Å². The Morgan fingerprint density at radius 1 is 1.25 bits per heavy atom. The van der Waals surface area contributed by atoms with Gasteiger partial charge in [-0.3, -0.25) is 5.84 Å². The van der Waals surface area contributed by atoms with E-state index in [9.17, 15) is 0 Å². The minimum atomic E-state index is 0.642. The van der Waals surface area contributed by atoms with Crippen LogP contribution in [0.15, 0.2) is 29.2 Å². The van der Waals surface area contributed by atoms with Gasteiger partial charge in [-0.15, -0.1) is 11.8 Å². The van der Waals surface area contributed by atoms with E-state index in [1.54, 1.807) is 0 Å². The van der Waals surface area contributed by atoms with Crippen LogP contribution in [-0.2, 0) is 6.42 Å². The highest BCUT2D eigenvalue weighted by Crippen LogP contribution is 2.22. The fraction of sp³-hybridized carbons (Fsp3) is 0.500. The maximum absolute atomic E-state index is 5.16. The Balaban J connectivity index is 2.33. The van der Waals surface area contributed by atoms with Crippen LogP contribution in [0.3, 0.4) is 0 Å². The van der Waals surface area contributed by atoms with Crippen LogP contribution in [0.25, 0.3) is 0 Å². The third-order valence-electron chi connectivity index (χ3n) is 2.11. The van der Waals surface area contributed by atoms with E-state index in [4.69, 9.17) is 5.84 Å². The maximum Gasteiger partial charge on any atom is 0.0587 e. The van der Waals surface area contributed by atoms with E-state index in [2.05, 4.69) is 48.9 Å². The van der Waals surface area contributed by atoms with Crippen molar-refractivity contribution in [2.45, 2.75) is 30.4 Å². The number of benzene rings is 1. The molecule has 0 fully saturated rings. The molecule has 1 aromatic rings. The molecule has 0 amide bonds. The van der Waals surface area contributed by atoms with Crippen LogP contribution in [0.2, 0.25) is 0 Å². The van der Waals surface area contributed by atoms with Crippen LogP contribution in [-0.4, -0.2) is 18.5 Å². The first-order chi connectivity index (χ1) is 7.72. The number of hydrazine groups is 1. The van der Waals surface area contributed by atoms with Gasteiger partial charge in [0.05, 0.1) is 6.67 Å². The Labute approximate surface area is 102 Å². The highest BCUT2D eigenvalue weighted by atomic mass is 32.2. The van der Waals surface area contributed by atoms with Crippen LogP contribution >= 0.6 is 11.8 Å². The molecule has 4 N–H and O–H groups in total. The van der Waals surface area contributed by atoms with Crippen molar-refractivity contribution in [1.29, 1.82) is 0 Å². The molecule has 0 atom stereocenters. The first-order valence-electron chi connectivity index (χ1n) is 5.62. The standard InChI is InChI=1S/C12H21N3S/c1-10(2)16-12-5-3-11(4-6-12)7-8-14-9-15-13/h3-6,10,14-15H,7-9,13H2,1-2H3. The minimum Gasteiger partial charge on any atom is -0.303 e. The second-order valence-electron chi connectivity index (χ2n) is 3.94. The molecule has 0 bridgehead atoms. The van der Waals surface area contributed by atoms with Crippen molar-refractivity contribution in [2.24, 2.45) is 5.84 Å². The number of thioether (sulfide) groups is 1. The van der Waals surface area contributed by atoms with Gasteiger partial charge < -0.3 is 5.32 Å². The summed E-state index contributed by atoms with van der Waals surface area (Å²) in [5, 5.41) is 3.83. The summed E-state index contributed by atoms with van der Waals surface area (Å²) in [4.78, 5) is 1.34. The number of rotatable bonds is 7. The first kappa shape index (κ1) is 13.5. The highest BCUT2D eigenvalue weighted by molar-refractivity contribution is 7.99. The van der Waals surface area contributed by atoms with Crippen molar-refractivity contribution < 1.29 is 0 Å². The SMILES string of the molecule is CC(C)Sc1ccc(CCNCNN)cc1. The summed E-state index contributed by atoms with van der Waals surface area (Å²) in [5.74, 6) is 5.16. The summed E-state index contributed by atoms with van der Waals surface area (Å²) >= 11 is 1.90. The quantitative estimate of drug-likeness (QED) is 0.223. The molecule has 0 aliphatic rings. The van der Waals surface area contributed by atoms with Crippen molar-refractivity contribution in [3.63, 3.8) is 0 Å². The molecular weight excluding hydrogens is 218 g/mol. The van der Waals surface area contributed by atoms with Gasteiger partial charge in [-0.1, -0.05) is 26.0 Å². The minimum absolute atomic E-state index is 0.642. The van der Waals surface area contributed by atoms with Gasteiger partial charge in [-0.25, -0.2) is 5.43 Å². The number of hydrogen-bond donors (Lipinski definition) is 3. The molecular formula is C12H21N3S. The van der Waals surface area contributed by atoms with Crippen LogP contribution in [0.4, 0.5) is 0 Å². The molecule has 0 radical (unpaired) electrons. The largest absolute Gasteiger partial charge is 0.303 e. The third kappa shape index (κ3) is 5.51. The molecule has 0 aliphatic carbocycles. The lowest BCUT2D eigenvalue weighted by molar-refractivity contribution is 0.602. The van der Waals surface area contributed by atoms with E-state index in [0.717, 1.165) is 13.0 Å². The van der Waals surface area contributed by atoms with Gasteiger partial charge in [0.15, 0.2) is 0 Å². The zero-order valence-electron chi connectivity index (χ0n) is 9.99. The molecule has 0 unspecified atom stereocenters. The molecule has 0 spiro atoms. The van der Waals surface area contributed by atoms with E-state index in [1.165, 1.54) is 10.5 Å². The lowest BCUT2D eigenvalue weighted by atomic mass is 10.1. The average Bonchev–Trinajstić information content (AvgIpc) is 2.26. The predicted octanol–water partition coefficient (Wildman–Crippen LogP) is 1.74. The van der Waals surface area contributed by atoms with Crippen molar-refractivity contribution in [2.75, 3.05) is 13.2 Å². The lowest BCUT2D eigenvalue weighted by Gasteiger charge is -2.07. The van der Waals surface area contributed by atoms with E-state index < -0.39 is 0 Å². The summed E-state index contributed by atoms with van der Waals surface area (Å²) in [5.41, 5.74) is 3.93. The lowest BCUT2D eigenvalue weighted by Crippen LogP contribution is -2.34. The maximum atomic E-state index is 5.16. The molecule has 90 valence electrons. The number of nitrogens with two attached hydrogens (primary N) is 1. The summed E-state index contributed by atoms with van der Waals surface area (Å²) in [7, 11) is 0. The number of hydrogen-bond acceptors (Lipinski definition) is 4.